The molecule has 0 aromatic rings. The van der Waals surface area contributed by atoms with E-state index in [0.717, 1.165) is 25.9 Å². The lowest BCUT2D eigenvalue weighted by molar-refractivity contribution is 0.199. The van der Waals surface area contributed by atoms with E-state index in [1.165, 1.54) is 0 Å². The van der Waals surface area contributed by atoms with Gasteiger partial charge in [-0.15, -0.1) is 12.4 Å². The van der Waals surface area contributed by atoms with E-state index in [0.29, 0.717) is 25.5 Å². The fourth-order valence-corrected chi connectivity index (χ4v) is 2.92. The van der Waals surface area contributed by atoms with Crippen molar-refractivity contribution in [3.05, 3.63) is 0 Å². The second-order valence-electron chi connectivity index (χ2n) is 4.21. The molecule has 1 aliphatic rings. The molecule has 0 spiro atoms. The molecule has 104 valence electrons. The molecule has 0 saturated carbocycles. The lowest BCUT2D eigenvalue weighted by atomic mass is 10.1. The molecule has 0 amide bonds. The molecule has 1 aliphatic heterocycles. The summed E-state index contributed by atoms with van der Waals surface area (Å²) in [5, 5.41) is 3.27. The zero-order valence-corrected chi connectivity index (χ0v) is 11.9. The molecule has 1 unspecified atom stereocenters. The average molecular weight is 287 g/mol. The molecule has 0 bridgehead atoms. The Kier molecular flexibility index (Phi) is 9.17. The van der Waals surface area contributed by atoms with Gasteiger partial charge in [-0.1, -0.05) is 0 Å². The summed E-state index contributed by atoms with van der Waals surface area (Å²) in [6, 6.07) is 0. The number of hydrogen-bond donors (Lipinski definition) is 2. The predicted octanol–water partition coefficient (Wildman–Crippen LogP) is 0.364. The fraction of sp³-hybridized carbons (Fsp3) is 1.00. The van der Waals surface area contributed by atoms with Gasteiger partial charge in [0.1, 0.15) is 0 Å². The maximum absolute atomic E-state index is 11.5. The molecule has 1 heterocycles. The van der Waals surface area contributed by atoms with Gasteiger partial charge >= 0.3 is 0 Å². The van der Waals surface area contributed by atoms with Crippen LogP contribution in [0.15, 0.2) is 0 Å². The minimum absolute atomic E-state index is 0. The Balaban J connectivity index is 0.00000256. The summed E-state index contributed by atoms with van der Waals surface area (Å²) in [6.45, 7) is 3.13. The van der Waals surface area contributed by atoms with E-state index < -0.39 is 10.0 Å². The van der Waals surface area contributed by atoms with E-state index in [-0.39, 0.29) is 18.2 Å². The zero-order chi connectivity index (χ0) is 11.9. The molecule has 17 heavy (non-hydrogen) atoms. The van der Waals surface area contributed by atoms with E-state index in [4.69, 9.17) is 4.74 Å². The van der Waals surface area contributed by atoms with Crippen LogP contribution in [0.1, 0.15) is 19.3 Å². The Morgan fingerprint density at radius 1 is 1.47 bits per heavy atom. The number of rotatable bonds is 8. The number of halogens is 1. The van der Waals surface area contributed by atoms with Crippen molar-refractivity contribution in [2.45, 2.75) is 19.3 Å². The van der Waals surface area contributed by atoms with Crippen molar-refractivity contribution in [1.82, 2.24) is 10.0 Å². The van der Waals surface area contributed by atoms with Crippen molar-refractivity contribution in [2.75, 3.05) is 39.1 Å². The molecule has 1 atom stereocenters. The first-order chi connectivity index (χ1) is 7.64. The van der Waals surface area contributed by atoms with Gasteiger partial charge in [-0.05, 0) is 38.3 Å². The summed E-state index contributed by atoms with van der Waals surface area (Å²) in [6.07, 6.45) is 2.64. The quantitative estimate of drug-likeness (QED) is 0.633. The van der Waals surface area contributed by atoms with Crippen LogP contribution in [0.25, 0.3) is 0 Å². The molecule has 1 saturated heterocycles. The molecule has 5 nitrogen and oxygen atoms in total. The molecule has 1 rings (SSSR count). The normalized spacial score (nSPS) is 20.2. The van der Waals surface area contributed by atoms with Gasteiger partial charge in [-0.3, -0.25) is 0 Å². The maximum atomic E-state index is 11.5. The third kappa shape index (κ3) is 7.94. The Morgan fingerprint density at radius 3 is 2.82 bits per heavy atom. The topological polar surface area (TPSA) is 67.4 Å². The first kappa shape index (κ1) is 17.1. The van der Waals surface area contributed by atoms with Crippen LogP contribution in [0.4, 0.5) is 0 Å². The highest BCUT2D eigenvalue weighted by Crippen LogP contribution is 2.10. The summed E-state index contributed by atoms with van der Waals surface area (Å²) in [5.74, 6) is 0.783. The maximum Gasteiger partial charge on any atom is 0.211 e. The SMILES string of the molecule is COCCCS(=O)(=O)NCCC1CCNC1.Cl. The van der Waals surface area contributed by atoms with E-state index in [1.807, 2.05) is 0 Å². The number of sulfonamides is 1. The molecule has 1 fully saturated rings. The van der Waals surface area contributed by atoms with Crippen LogP contribution in [0.5, 0.6) is 0 Å². The van der Waals surface area contributed by atoms with Crippen molar-refractivity contribution in [3.8, 4) is 0 Å². The minimum atomic E-state index is -3.10. The lowest BCUT2D eigenvalue weighted by Gasteiger charge is -2.09. The van der Waals surface area contributed by atoms with Crippen LogP contribution in [0, 0.1) is 5.92 Å². The predicted molar refractivity (Wildman–Crippen MR) is 71.1 cm³/mol. The fourth-order valence-electron chi connectivity index (χ4n) is 1.84. The molecular formula is C10H23ClN2O3S. The molecule has 2 N–H and O–H groups in total. The summed E-state index contributed by atoms with van der Waals surface area (Å²) in [7, 11) is -1.52. The van der Waals surface area contributed by atoms with E-state index >= 15 is 0 Å². The summed E-state index contributed by atoms with van der Waals surface area (Å²) >= 11 is 0. The summed E-state index contributed by atoms with van der Waals surface area (Å²) in [4.78, 5) is 0. The molecule has 0 aromatic carbocycles. The van der Waals surface area contributed by atoms with Gasteiger partial charge in [0.2, 0.25) is 10.0 Å². The zero-order valence-electron chi connectivity index (χ0n) is 10.3. The second-order valence-corrected chi connectivity index (χ2v) is 6.13. The monoisotopic (exact) mass is 286 g/mol. The average Bonchev–Trinajstić information content (AvgIpc) is 2.70. The number of hydrogen-bond acceptors (Lipinski definition) is 4. The van der Waals surface area contributed by atoms with Crippen molar-refractivity contribution < 1.29 is 13.2 Å². The molecule has 7 heteroatoms. The van der Waals surface area contributed by atoms with Crippen LogP contribution >= 0.6 is 12.4 Å². The third-order valence-electron chi connectivity index (χ3n) is 2.80. The number of methoxy groups -OCH3 is 1. The highest BCUT2D eigenvalue weighted by Gasteiger charge is 2.15. The largest absolute Gasteiger partial charge is 0.385 e. The smallest absolute Gasteiger partial charge is 0.211 e. The molecular weight excluding hydrogens is 264 g/mol. The lowest BCUT2D eigenvalue weighted by Crippen LogP contribution is -2.29. The van der Waals surface area contributed by atoms with E-state index in [2.05, 4.69) is 10.0 Å². The van der Waals surface area contributed by atoms with Gasteiger partial charge in [0.05, 0.1) is 5.75 Å². The minimum Gasteiger partial charge on any atom is -0.385 e. The Bertz CT molecular complexity index is 279. The van der Waals surface area contributed by atoms with Crippen molar-refractivity contribution in [3.63, 3.8) is 0 Å². The van der Waals surface area contributed by atoms with Gasteiger partial charge in [-0.2, -0.15) is 0 Å². The first-order valence-electron chi connectivity index (χ1n) is 5.81. The highest BCUT2D eigenvalue weighted by atomic mass is 35.5. The van der Waals surface area contributed by atoms with Crippen LogP contribution in [-0.2, 0) is 14.8 Å². The Morgan fingerprint density at radius 2 is 2.24 bits per heavy atom. The number of nitrogens with one attached hydrogen (secondary N) is 2. The van der Waals surface area contributed by atoms with Crippen molar-refractivity contribution in [2.24, 2.45) is 5.92 Å². The molecule has 0 radical (unpaired) electrons. The van der Waals surface area contributed by atoms with Gasteiger partial charge in [0.15, 0.2) is 0 Å². The molecule has 0 aromatic heterocycles. The van der Waals surface area contributed by atoms with Crippen LogP contribution in [0.3, 0.4) is 0 Å². The van der Waals surface area contributed by atoms with Crippen molar-refractivity contribution in [1.29, 1.82) is 0 Å². The van der Waals surface area contributed by atoms with Crippen LogP contribution in [0.2, 0.25) is 0 Å². The van der Waals surface area contributed by atoms with Gasteiger partial charge < -0.3 is 10.1 Å². The van der Waals surface area contributed by atoms with Crippen molar-refractivity contribution >= 4 is 22.4 Å². The first-order valence-corrected chi connectivity index (χ1v) is 7.46. The Hall–Kier alpha value is 0.120. The summed E-state index contributed by atoms with van der Waals surface area (Å²) < 4.78 is 30.4. The standard InChI is InChI=1S/C10H22N2O3S.ClH/c1-15-7-2-8-16(13,14)12-6-4-10-3-5-11-9-10;/h10-12H,2-9H2,1H3;1H. The van der Waals surface area contributed by atoms with Crippen LogP contribution < -0.4 is 10.0 Å². The number of ether oxygens (including phenoxy) is 1. The van der Waals surface area contributed by atoms with Gasteiger partial charge in [0.25, 0.3) is 0 Å². The van der Waals surface area contributed by atoms with E-state index in [1.54, 1.807) is 7.11 Å². The van der Waals surface area contributed by atoms with Gasteiger partial charge in [-0.25, -0.2) is 13.1 Å². The summed E-state index contributed by atoms with van der Waals surface area (Å²) in [5.41, 5.74) is 0. The highest BCUT2D eigenvalue weighted by molar-refractivity contribution is 7.89. The van der Waals surface area contributed by atoms with Crippen LogP contribution in [-0.4, -0.2) is 47.5 Å². The van der Waals surface area contributed by atoms with E-state index in [9.17, 15) is 8.42 Å². The Labute approximate surface area is 110 Å². The third-order valence-corrected chi connectivity index (χ3v) is 4.27. The van der Waals surface area contributed by atoms with Gasteiger partial charge in [0, 0.05) is 20.3 Å². The molecule has 0 aliphatic carbocycles. The second kappa shape index (κ2) is 9.10.